The number of hydrogen-bond acceptors (Lipinski definition) is 4. The van der Waals surface area contributed by atoms with Crippen LogP contribution in [0.3, 0.4) is 0 Å². The summed E-state index contributed by atoms with van der Waals surface area (Å²) in [5.41, 5.74) is 3.05. The van der Waals surface area contributed by atoms with Crippen molar-refractivity contribution in [1.82, 2.24) is 0 Å². The Morgan fingerprint density at radius 1 is 0.900 bits per heavy atom. The third kappa shape index (κ3) is 5.52. The smallest absolute Gasteiger partial charge is 0.258 e. The first-order valence-electron chi connectivity index (χ1n) is 12.0. The summed E-state index contributed by atoms with van der Waals surface area (Å²) in [7, 11) is 0. The van der Waals surface area contributed by atoms with Crippen molar-refractivity contribution in [2.24, 2.45) is 5.92 Å². The highest BCUT2D eigenvalue weighted by Gasteiger charge is 2.67. The molecular weight excluding hydrogens is 618 g/mol. The maximum atomic E-state index is 13.2. The van der Waals surface area contributed by atoms with Crippen LogP contribution in [-0.2, 0) is 20.8 Å². The first-order valence-corrected chi connectivity index (χ1v) is 13.9. The number of aryl methyl sites for hydroxylation is 1. The van der Waals surface area contributed by atoms with Crippen LogP contribution in [0.15, 0.2) is 66.7 Å². The van der Waals surface area contributed by atoms with E-state index in [-0.39, 0.29) is 22.8 Å². The van der Waals surface area contributed by atoms with Gasteiger partial charge < -0.3 is 5.32 Å². The van der Waals surface area contributed by atoms with E-state index in [2.05, 4.69) is 5.32 Å². The van der Waals surface area contributed by atoms with E-state index in [0.717, 1.165) is 10.5 Å². The monoisotopic (exact) mass is 634 g/mol. The molecule has 5 rings (SSSR count). The van der Waals surface area contributed by atoms with Gasteiger partial charge in [0, 0.05) is 45.8 Å². The van der Waals surface area contributed by atoms with Gasteiger partial charge >= 0.3 is 0 Å². The van der Waals surface area contributed by atoms with Crippen molar-refractivity contribution in [3.63, 3.8) is 0 Å². The van der Waals surface area contributed by atoms with Crippen LogP contribution in [0.25, 0.3) is 0 Å². The van der Waals surface area contributed by atoms with Crippen LogP contribution in [0.5, 0.6) is 0 Å². The first kappa shape index (κ1) is 28.7. The fourth-order valence-electron chi connectivity index (χ4n) is 4.80. The summed E-state index contributed by atoms with van der Waals surface area (Å²) in [6, 6.07) is 14.5. The Labute approximate surface area is 254 Å². The molecule has 6 nitrogen and oxygen atoms in total. The van der Waals surface area contributed by atoms with Crippen molar-refractivity contribution in [3.05, 3.63) is 104 Å². The number of hydrogen-bond donors (Lipinski definition) is 1. The van der Waals surface area contributed by atoms with Crippen molar-refractivity contribution >= 4 is 92.9 Å². The number of benzene rings is 3. The van der Waals surface area contributed by atoms with E-state index in [0.29, 0.717) is 32.5 Å². The Bertz CT molecular complexity index is 1600. The van der Waals surface area contributed by atoms with Gasteiger partial charge in [0.2, 0.25) is 5.91 Å². The predicted molar refractivity (Wildman–Crippen MR) is 158 cm³/mol. The lowest BCUT2D eigenvalue weighted by atomic mass is 9.98. The average molecular weight is 637 g/mol. The number of carbonyl (C=O) groups excluding carboxylic acids is 4. The standard InChI is InChI=1S/C29H19Cl5N2O4/c1-14-8-20(36-24(38)6-7-25(36)39)4-2-15(14)11-23(37)21-13-19(3-5-22(21)32)35-28(40)27-26(29(27,33)34)16-9-17(30)12-18(31)10-16/h2-10,12-13,26-27H,11H2,1H3,(H,35,40). The zero-order valence-electron chi connectivity index (χ0n) is 20.7. The number of nitrogens with one attached hydrogen (secondary N) is 1. The number of Topliss-reactive ketones (excluding diaryl/α,β-unsaturated/α-hetero) is 1. The molecule has 3 amide bonds. The predicted octanol–water partition coefficient (Wildman–Crippen LogP) is 7.34. The van der Waals surface area contributed by atoms with Crippen molar-refractivity contribution < 1.29 is 19.2 Å². The Morgan fingerprint density at radius 2 is 1.55 bits per heavy atom. The summed E-state index contributed by atoms with van der Waals surface area (Å²) < 4.78 is -1.35. The number of rotatable bonds is 7. The second-order valence-electron chi connectivity index (χ2n) is 9.57. The van der Waals surface area contributed by atoms with Crippen molar-refractivity contribution in [1.29, 1.82) is 0 Å². The van der Waals surface area contributed by atoms with Crippen LogP contribution in [0.4, 0.5) is 11.4 Å². The molecule has 0 spiro atoms. The molecular formula is C29H19Cl5N2O4. The van der Waals surface area contributed by atoms with Gasteiger partial charge in [0.25, 0.3) is 11.8 Å². The number of imide groups is 1. The molecule has 3 aromatic rings. The van der Waals surface area contributed by atoms with E-state index >= 15 is 0 Å². The quantitative estimate of drug-likeness (QED) is 0.167. The summed E-state index contributed by atoms with van der Waals surface area (Å²) in [6.07, 6.45) is 2.43. The maximum Gasteiger partial charge on any atom is 0.258 e. The minimum absolute atomic E-state index is 0.00999. The largest absolute Gasteiger partial charge is 0.326 e. The lowest BCUT2D eigenvalue weighted by Gasteiger charge is -2.16. The highest BCUT2D eigenvalue weighted by atomic mass is 35.5. The number of carbonyl (C=O) groups is 4. The van der Waals surface area contributed by atoms with E-state index in [1.54, 1.807) is 49.4 Å². The number of amides is 3. The van der Waals surface area contributed by atoms with Gasteiger partial charge in [-0.2, -0.15) is 0 Å². The average Bonchev–Trinajstić information content (AvgIpc) is 3.31. The molecule has 1 fully saturated rings. The van der Waals surface area contributed by atoms with E-state index in [9.17, 15) is 19.2 Å². The number of halogens is 5. The van der Waals surface area contributed by atoms with Crippen molar-refractivity contribution in [3.8, 4) is 0 Å². The number of ketones is 1. The Hall–Kier alpha value is -2.87. The molecule has 2 unspecified atom stereocenters. The highest BCUT2D eigenvalue weighted by Crippen LogP contribution is 2.65. The van der Waals surface area contributed by atoms with E-state index in [1.807, 2.05) is 0 Å². The van der Waals surface area contributed by atoms with Gasteiger partial charge in [0.05, 0.1) is 16.6 Å². The Kier molecular flexibility index (Phi) is 7.77. The summed E-state index contributed by atoms with van der Waals surface area (Å²) in [5.74, 6) is -2.85. The molecule has 3 aromatic carbocycles. The Balaban J connectivity index is 1.30. The second-order valence-corrected chi connectivity index (χ2v) is 12.3. The number of anilines is 2. The van der Waals surface area contributed by atoms with Crippen LogP contribution >= 0.6 is 58.0 Å². The summed E-state index contributed by atoms with van der Waals surface area (Å²) in [6.45, 7) is 1.78. The van der Waals surface area contributed by atoms with Gasteiger partial charge in [-0.1, -0.05) is 40.9 Å². The molecule has 204 valence electrons. The van der Waals surface area contributed by atoms with Crippen LogP contribution in [0, 0.1) is 12.8 Å². The SMILES string of the molecule is Cc1cc(N2C(=O)C=CC2=O)ccc1CC(=O)c1cc(NC(=O)C2C(c3cc(Cl)cc(Cl)c3)C2(Cl)Cl)ccc1Cl. The van der Waals surface area contributed by atoms with Gasteiger partial charge in [0.1, 0.15) is 4.33 Å². The van der Waals surface area contributed by atoms with Gasteiger partial charge in [-0.05, 0) is 72.1 Å². The molecule has 11 heteroatoms. The molecule has 2 atom stereocenters. The van der Waals surface area contributed by atoms with Crippen LogP contribution in [0.2, 0.25) is 15.1 Å². The molecule has 1 saturated carbocycles. The van der Waals surface area contributed by atoms with E-state index < -0.39 is 33.9 Å². The second kappa shape index (κ2) is 10.8. The fourth-order valence-corrected chi connectivity index (χ4v) is 6.39. The summed E-state index contributed by atoms with van der Waals surface area (Å²) in [4.78, 5) is 51.4. The zero-order valence-corrected chi connectivity index (χ0v) is 24.5. The third-order valence-electron chi connectivity index (χ3n) is 6.86. The topological polar surface area (TPSA) is 83.6 Å². The van der Waals surface area contributed by atoms with Crippen molar-refractivity contribution in [2.45, 2.75) is 23.6 Å². The molecule has 1 aliphatic heterocycles. The van der Waals surface area contributed by atoms with Gasteiger partial charge in [-0.25, -0.2) is 4.90 Å². The van der Waals surface area contributed by atoms with Gasteiger partial charge in [0.15, 0.2) is 5.78 Å². The zero-order chi connectivity index (χ0) is 28.9. The van der Waals surface area contributed by atoms with E-state index in [4.69, 9.17) is 58.0 Å². The minimum atomic E-state index is -1.35. The lowest BCUT2D eigenvalue weighted by Crippen LogP contribution is -2.29. The van der Waals surface area contributed by atoms with Crippen LogP contribution in [0.1, 0.15) is 33.0 Å². The molecule has 1 heterocycles. The molecule has 2 aliphatic rings. The fraction of sp³-hybridized carbons (Fsp3) is 0.172. The normalized spacial score (nSPS) is 19.2. The molecule has 0 radical (unpaired) electrons. The first-order chi connectivity index (χ1) is 18.9. The molecule has 0 aromatic heterocycles. The molecule has 40 heavy (non-hydrogen) atoms. The van der Waals surface area contributed by atoms with E-state index in [1.165, 1.54) is 24.3 Å². The summed E-state index contributed by atoms with van der Waals surface area (Å²) >= 11 is 31.5. The number of alkyl halides is 2. The molecule has 0 bridgehead atoms. The van der Waals surface area contributed by atoms with Crippen molar-refractivity contribution in [2.75, 3.05) is 10.2 Å². The number of nitrogens with zero attached hydrogens (tertiary/aromatic N) is 1. The maximum absolute atomic E-state index is 13.2. The summed E-state index contributed by atoms with van der Waals surface area (Å²) in [5, 5.41) is 3.80. The minimum Gasteiger partial charge on any atom is -0.326 e. The Morgan fingerprint density at radius 3 is 2.17 bits per heavy atom. The van der Waals surface area contributed by atoms with Gasteiger partial charge in [-0.3, -0.25) is 19.2 Å². The molecule has 1 N–H and O–H groups in total. The molecule has 0 saturated heterocycles. The van der Waals surface area contributed by atoms with Gasteiger partial charge in [-0.15, -0.1) is 23.2 Å². The van der Waals surface area contributed by atoms with Crippen LogP contribution < -0.4 is 10.2 Å². The highest BCUT2D eigenvalue weighted by molar-refractivity contribution is 6.53. The third-order valence-corrected chi connectivity index (χ3v) is 8.57. The van der Waals surface area contributed by atoms with Crippen LogP contribution in [-0.4, -0.2) is 27.8 Å². The lowest BCUT2D eigenvalue weighted by molar-refractivity contribution is -0.120. The molecule has 1 aliphatic carbocycles.